The number of hydrogen-bond acceptors (Lipinski definition) is 3. The summed E-state index contributed by atoms with van der Waals surface area (Å²) in [6, 6.07) is 1.47. The average molecular weight is 296 g/mol. The second-order valence-electron chi connectivity index (χ2n) is 7.74. The summed E-state index contributed by atoms with van der Waals surface area (Å²) in [5.74, 6) is 0.734. The number of nitrogens with one attached hydrogen (secondary N) is 1. The summed E-state index contributed by atoms with van der Waals surface area (Å²) in [7, 11) is 2.32. The third-order valence-corrected chi connectivity index (χ3v) is 6.15. The van der Waals surface area contributed by atoms with Crippen molar-refractivity contribution < 1.29 is 0 Å². The highest BCUT2D eigenvalue weighted by atomic mass is 15.3. The Bertz CT molecular complexity index is 312. The maximum absolute atomic E-state index is 3.89. The fourth-order valence-electron chi connectivity index (χ4n) is 4.24. The van der Waals surface area contributed by atoms with Crippen LogP contribution in [-0.4, -0.2) is 60.6 Å². The molecule has 2 aliphatic heterocycles. The van der Waals surface area contributed by atoms with Crippen LogP contribution in [0, 0.1) is 5.92 Å². The van der Waals surface area contributed by atoms with Gasteiger partial charge in [0.2, 0.25) is 0 Å². The van der Waals surface area contributed by atoms with Gasteiger partial charge in [-0.05, 0) is 45.2 Å². The molecule has 2 atom stereocenters. The van der Waals surface area contributed by atoms with Gasteiger partial charge < -0.3 is 10.2 Å². The molecule has 3 nitrogen and oxygen atoms in total. The molecular weight excluding hydrogens is 258 g/mol. The highest BCUT2D eigenvalue weighted by Crippen LogP contribution is 2.27. The quantitative estimate of drug-likeness (QED) is 0.841. The number of likely N-dealkylation sites (N-methyl/N-ethyl adjacent to an activating group) is 1. The largest absolute Gasteiger partial charge is 0.308 e. The maximum Gasteiger partial charge on any atom is 0.0304 e. The van der Waals surface area contributed by atoms with Crippen molar-refractivity contribution in [1.82, 2.24) is 15.1 Å². The van der Waals surface area contributed by atoms with Crippen molar-refractivity contribution in [2.75, 3.05) is 33.2 Å². The highest BCUT2D eigenvalue weighted by molar-refractivity contribution is 4.98. The third-order valence-electron chi connectivity index (χ3n) is 6.15. The zero-order chi connectivity index (χ0) is 15.5. The predicted molar refractivity (Wildman–Crippen MR) is 91.8 cm³/mol. The first-order valence-electron chi connectivity index (χ1n) is 9.20. The molecule has 2 fully saturated rings. The van der Waals surface area contributed by atoms with E-state index in [0.29, 0.717) is 11.6 Å². The molecule has 21 heavy (non-hydrogen) atoms. The topological polar surface area (TPSA) is 18.5 Å². The zero-order valence-corrected chi connectivity index (χ0v) is 15.0. The van der Waals surface area contributed by atoms with Crippen LogP contribution in [-0.2, 0) is 0 Å². The monoisotopic (exact) mass is 295 g/mol. The van der Waals surface area contributed by atoms with Gasteiger partial charge in [-0.3, -0.25) is 4.90 Å². The lowest BCUT2D eigenvalue weighted by Gasteiger charge is -2.50. The minimum Gasteiger partial charge on any atom is -0.308 e. The minimum absolute atomic E-state index is 0.346. The van der Waals surface area contributed by atoms with Gasteiger partial charge in [-0.15, -0.1) is 0 Å². The van der Waals surface area contributed by atoms with Gasteiger partial charge in [0.05, 0.1) is 0 Å². The molecule has 2 heterocycles. The molecule has 0 saturated carbocycles. The third kappa shape index (κ3) is 4.00. The van der Waals surface area contributed by atoms with E-state index < -0.39 is 0 Å². The first-order valence-corrected chi connectivity index (χ1v) is 9.20. The molecule has 3 heteroatoms. The number of piperazine rings is 1. The summed E-state index contributed by atoms with van der Waals surface area (Å²) < 4.78 is 0. The van der Waals surface area contributed by atoms with Gasteiger partial charge in [-0.25, -0.2) is 0 Å². The Hall–Kier alpha value is -0.120. The maximum atomic E-state index is 3.89. The number of likely N-dealkylation sites (tertiary alicyclic amines) is 1. The molecule has 2 saturated heterocycles. The van der Waals surface area contributed by atoms with Crippen molar-refractivity contribution in [3.05, 3.63) is 0 Å². The number of hydrogen-bond donors (Lipinski definition) is 1. The van der Waals surface area contributed by atoms with E-state index in [9.17, 15) is 0 Å². The molecule has 0 radical (unpaired) electrons. The first-order chi connectivity index (χ1) is 10.0. The van der Waals surface area contributed by atoms with E-state index >= 15 is 0 Å². The average Bonchev–Trinajstić information content (AvgIpc) is 2.49. The molecule has 0 aromatic heterocycles. The van der Waals surface area contributed by atoms with Crippen molar-refractivity contribution in [3.63, 3.8) is 0 Å². The molecule has 1 N–H and O–H groups in total. The fraction of sp³-hybridized carbons (Fsp3) is 1.00. The van der Waals surface area contributed by atoms with E-state index in [1.54, 1.807) is 0 Å². The smallest absolute Gasteiger partial charge is 0.0304 e. The summed E-state index contributed by atoms with van der Waals surface area (Å²) in [6.07, 6.45) is 6.67. The van der Waals surface area contributed by atoms with Crippen LogP contribution in [0.1, 0.15) is 59.8 Å². The minimum atomic E-state index is 0.346. The molecule has 124 valence electrons. The van der Waals surface area contributed by atoms with Gasteiger partial charge in [0.1, 0.15) is 0 Å². The van der Waals surface area contributed by atoms with Crippen LogP contribution in [0.2, 0.25) is 0 Å². The Morgan fingerprint density at radius 3 is 2.48 bits per heavy atom. The lowest BCUT2D eigenvalue weighted by atomic mass is 9.85. The van der Waals surface area contributed by atoms with Crippen molar-refractivity contribution in [3.8, 4) is 0 Å². The van der Waals surface area contributed by atoms with E-state index in [1.807, 2.05) is 0 Å². The van der Waals surface area contributed by atoms with Gasteiger partial charge in [0.15, 0.2) is 0 Å². The van der Waals surface area contributed by atoms with Gasteiger partial charge in [-0.2, -0.15) is 0 Å². The second-order valence-corrected chi connectivity index (χ2v) is 7.74. The van der Waals surface area contributed by atoms with Crippen LogP contribution in [0.25, 0.3) is 0 Å². The standard InChI is InChI=1S/C18H37N3/c1-6-18(7-2)14-21(17(12-19-18)15(3)4)13-16-10-8-9-11-20(16)5/h15-17,19H,6-14H2,1-5H3. The van der Waals surface area contributed by atoms with Crippen LogP contribution >= 0.6 is 0 Å². The van der Waals surface area contributed by atoms with Crippen molar-refractivity contribution in [2.24, 2.45) is 5.92 Å². The van der Waals surface area contributed by atoms with Gasteiger partial charge in [0.25, 0.3) is 0 Å². The van der Waals surface area contributed by atoms with E-state index in [2.05, 4.69) is 49.9 Å². The van der Waals surface area contributed by atoms with Crippen LogP contribution < -0.4 is 5.32 Å². The molecule has 0 aromatic rings. The summed E-state index contributed by atoms with van der Waals surface area (Å²) in [6.45, 7) is 14.4. The summed E-state index contributed by atoms with van der Waals surface area (Å²) in [5, 5.41) is 3.89. The fourth-order valence-corrected chi connectivity index (χ4v) is 4.24. The number of piperidine rings is 1. The van der Waals surface area contributed by atoms with Gasteiger partial charge in [0, 0.05) is 37.3 Å². The molecule has 0 bridgehead atoms. The zero-order valence-electron chi connectivity index (χ0n) is 15.0. The van der Waals surface area contributed by atoms with Crippen molar-refractivity contribution >= 4 is 0 Å². The first kappa shape index (κ1) is 17.2. The van der Waals surface area contributed by atoms with Gasteiger partial charge >= 0.3 is 0 Å². The SMILES string of the molecule is CCC1(CC)CN(CC2CCCCN2C)C(C(C)C)CN1. The van der Waals surface area contributed by atoms with Crippen LogP contribution in [0.15, 0.2) is 0 Å². The van der Waals surface area contributed by atoms with Crippen molar-refractivity contribution in [2.45, 2.75) is 77.4 Å². The molecule has 0 amide bonds. The molecule has 0 aromatic carbocycles. The van der Waals surface area contributed by atoms with Gasteiger partial charge in [-0.1, -0.05) is 34.1 Å². The lowest BCUT2D eigenvalue weighted by Crippen LogP contribution is -2.66. The summed E-state index contributed by atoms with van der Waals surface area (Å²) >= 11 is 0. The van der Waals surface area contributed by atoms with Crippen molar-refractivity contribution in [1.29, 1.82) is 0 Å². The van der Waals surface area contributed by atoms with Crippen LogP contribution in [0.5, 0.6) is 0 Å². The molecule has 2 unspecified atom stereocenters. The Labute approximate surface area is 132 Å². The highest BCUT2D eigenvalue weighted by Gasteiger charge is 2.38. The van der Waals surface area contributed by atoms with Crippen LogP contribution in [0.3, 0.4) is 0 Å². The van der Waals surface area contributed by atoms with E-state index in [0.717, 1.165) is 18.5 Å². The predicted octanol–water partition coefficient (Wildman–Crippen LogP) is 2.96. The number of rotatable bonds is 5. The van der Waals surface area contributed by atoms with Crippen LogP contribution in [0.4, 0.5) is 0 Å². The van der Waals surface area contributed by atoms with E-state index in [1.165, 1.54) is 51.7 Å². The molecule has 2 aliphatic rings. The lowest BCUT2D eigenvalue weighted by molar-refractivity contribution is 0.0222. The molecular formula is C18H37N3. The molecule has 2 rings (SSSR count). The van der Waals surface area contributed by atoms with E-state index in [-0.39, 0.29) is 0 Å². The Balaban J connectivity index is 2.06. The second kappa shape index (κ2) is 7.43. The molecule has 0 aliphatic carbocycles. The molecule has 0 spiro atoms. The summed E-state index contributed by atoms with van der Waals surface area (Å²) in [4.78, 5) is 5.42. The Morgan fingerprint density at radius 1 is 1.19 bits per heavy atom. The Morgan fingerprint density at radius 2 is 1.90 bits per heavy atom. The Kier molecular flexibility index (Phi) is 6.10. The normalized spacial score (nSPS) is 31.7. The summed E-state index contributed by atoms with van der Waals surface area (Å²) in [5.41, 5.74) is 0.346. The van der Waals surface area contributed by atoms with E-state index in [4.69, 9.17) is 0 Å². The number of nitrogens with zero attached hydrogens (tertiary/aromatic N) is 2.